The lowest BCUT2D eigenvalue weighted by atomic mass is 10.00. The van der Waals surface area contributed by atoms with Crippen LogP contribution in [0.2, 0.25) is 0 Å². The Morgan fingerprint density at radius 3 is 2.11 bits per heavy atom. The Morgan fingerprint density at radius 1 is 0.657 bits per heavy atom. The van der Waals surface area contributed by atoms with Crippen molar-refractivity contribution in [3.63, 3.8) is 0 Å². The van der Waals surface area contributed by atoms with E-state index in [2.05, 4.69) is 18.4 Å². The van der Waals surface area contributed by atoms with Crippen LogP contribution in [0.1, 0.15) is 34.2 Å². The van der Waals surface area contributed by atoms with Crippen molar-refractivity contribution in [1.29, 1.82) is 0 Å². The molecule has 0 atom stereocenters. The van der Waals surface area contributed by atoms with Crippen LogP contribution in [-0.4, -0.2) is 0 Å². The third kappa shape index (κ3) is 5.60. The van der Waals surface area contributed by atoms with Gasteiger partial charge in [-0.2, -0.15) is 0 Å². The number of rotatable bonds is 6. The van der Waals surface area contributed by atoms with E-state index in [9.17, 15) is 22.0 Å². The van der Waals surface area contributed by atoms with Crippen molar-refractivity contribution < 1.29 is 22.0 Å². The molecular formula is C30H21F5. The van der Waals surface area contributed by atoms with Gasteiger partial charge in [-0.15, -0.1) is 6.58 Å². The summed E-state index contributed by atoms with van der Waals surface area (Å²) < 4.78 is 70.8. The minimum atomic E-state index is -0.960. The van der Waals surface area contributed by atoms with Crippen molar-refractivity contribution in [1.82, 2.24) is 0 Å². The molecule has 5 heteroatoms. The molecule has 4 aromatic carbocycles. The van der Waals surface area contributed by atoms with Crippen LogP contribution < -0.4 is 0 Å². The summed E-state index contributed by atoms with van der Waals surface area (Å²) in [5, 5.41) is 0.521. The molecule has 0 radical (unpaired) electrons. The number of aryl methyl sites for hydroxylation is 3. The van der Waals surface area contributed by atoms with Gasteiger partial charge in [-0.1, -0.05) is 42.2 Å². The Morgan fingerprint density at radius 2 is 1.40 bits per heavy atom. The van der Waals surface area contributed by atoms with Gasteiger partial charge in [-0.25, -0.2) is 22.0 Å². The van der Waals surface area contributed by atoms with Crippen LogP contribution in [0.3, 0.4) is 0 Å². The molecule has 4 aromatic rings. The van der Waals surface area contributed by atoms with Crippen molar-refractivity contribution in [3.05, 3.63) is 130 Å². The lowest BCUT2D eigenvalue weighted by molar-refractivity contribution is 0.517. The summed E-state index contributed by atoms with van der Waals surface area (Å²) in [6, 6.07) is 14.2. The zero-order valence-corrected chi connectivity index (χ0v) is 18.8. The van der Waals surface area contributed by atoms with E-state index < -0.39 is 28.8 Å². The minimum Gasteiger partial charge on any atom is -0.207 e. The molecule has 0 heterocycles. The molecule has 0 aliphatic heterocycles. The van der Waals surface area contributed by atoms with Gasteiger partial charge >= 0.3 is 0 Å². The number of halogens is 5. The largest absolute Gasteiger partial charge is 0.207 e. The van der Waals surface area contributed by atoms with Gasteiger partial charge in [-0.3, -0.25) is 0 Å². The Hall–Kier alpha value is -3.91. The average Bonchev–Trinajstić information content (AvgIpc) is 2.84. The molecule has 35 heavy (non-hydrogen) atoms. The smallest absolute Gasteiger partial charge is 0.166 e. The average molecular weight is 476 g/mol. The minimum absolute atomic E-state index is 0.0973. The molecular weight excluding hydrogens is 455 g/mol. The van der Waals surface area contributed by atoms with E-state index in [1.54, 1.807) is 12.1 Å². The Bertz CT molecular complexity index is 1450. The second kappa shape index (κ2) is 10.6. The molecule has 0 saturated heterocycles. The lowest BCUT2D eigenvalue weighted by Gasteiger charge is -2.07. The molecule has 0 fully saturated rings. The van der Waals surface area contributed by atoms with E-state index in [1.807, 2.05) is 6.07 Å². The van der Waals surface area contributed by atoms with Gasteiger partial charge in [0, 0.05) is 10.9 Å². The first kappa shape index (κ1) is 24.2. The van der Waals surface area contributed by atoms with Gasteiger partial charge in [-0.05, 0) is 84.2 Å². The highest BCUT2D eigenvalue weighted by Gasteiger charge is 2.11. The van der Waals surface area contributed by atoms with Crippen LogP contribution in [0.25, 0.3) is 10.8 Å². The van der Waals surface area contributed by atoms with Crippen molar-refractivity contribution in [2.24, 2.45) is 0 Å². The topological polar surface area (TPSA) is 0 Å². The van der Waals surface area contributed by atoms with Gasteiger partial charge in [0.15, 0.2) is 11.6 Å². The SMILES string of the molecule is C=CCCc1ccc(CCc2cc(F)c(C#Cc3ccc4c(F)c(F)ccc4c3)c(F)c2)c(F)c1. The number of hydrogen-bond acceptors (Lipinski definition) is 0. The van der Waals surface area contributed by atoms with Crippen molar-refractivity contribution in [3.8, 4) is 11.8 Å². The Balaban J connectivity index is 1.50. The maximum absolute atomic E-state index is 14.6. The van der Waals surface area contributed by atoms with E-state index in [4.69, 9.17) is 0 Å². The van der Waals surface area contributed by atoms with Gasteiger partial charge in [0.2, 0.25) is 0 Å². The van der Waals surface area contributed by atoms with E-state index in [-0.39, 0.29) is 17.6 Å². The maximum atomic E-state index is 14.6. The van der Waals surface area contributed by atoms with Crippen molar-refractivity contribution in [2.75, 3.05) is 0 Å². The fraction of sp³-hybridized carbons (Fsp3) is 0.133. The van der Waals surface area contributed by atoms with Gasteiger partial charge in [0.1, 0.15) is 17.5 Å². The molecule has 0 bridgehead atoms. The Labute approximate surface area is 200 Å². The molecule has 0 nitrogen and oxygen atoms in total. The lowest BCUT2D eigenvalue weighted by Crippen LogP contribution is -1.99. The maximum Gasteiger partial charge on any atom is 0.166 e. The number of benzene rings is 4. The molecule has 0 saturated carbocycles. The van der Waals surface area contributed by atoms with E-state index in [0.717, 1.165) is 18.1 Å². The van der Waals surface area contributed by atoms with Crippen molar-refractivity contribution >= 4 is 10.8 Å². The van der Waals surface area contributed by atoms with Crippen LogP contribution in [0.5, 0.6) is 0 Å². The third-order valence-corrected chi connectivity index (χ3v) is 5.78. The predicted octanol–water partition coefficient (Wildman–Crippen LogP) is 7.84. The second-order valence-electron chi connectivity index (χ2n) is 8.23. The van der Waals surface area contributed by atoms with E-state index in [1.165, 1.54) is 42.5 Å². The van der Waals surface area contributed by atoms with Crippen LogP contribution in [0.4, 0.5) is 22.0 Å². The molecule has 0 aromatic heterocycles. The summed E-state index contributed by atoms with van der Waals surface area (Å²) in [7, 11) is 0. The summed E-state index contributed by atoms with van der Waals surface area (Å²) in [5.74, 6) is 1.27. The van der Waals surface area contributed by atoms with E-state index in [0.29, 0.717) is 34.9 Å². The second-order valence-corrected chi connectivity index (χ2v) is 8.23. The molecule has 0 N–H and O–H groups in total. The molecule has 0 spiro atoms. The molecule has 0 amide bonds. The highest BCUT2D eigenvalue weighted by molar-refractivity contribution is 5.84. The summed E-state index contributed by atoms with van der Waals surface area (Å²) in [5.41, 5.74) is 1.75. The first-order valence-corrected chi connectivity index (χ1v) is 11.1. The number of allylic oxidation sites excluding steroid dienone is 1. The predicted molar refractivity (Wildman–Crippen MR) is 129 cm³/mol. The fourth-order valence-electron chi connectivity index (χ4n) is 3.86. The first-order chi connectivity index (χ1) is 16.9. The van der Waals surface area contributed by atoms with Crippen LogP contribution in [0, 0.1) is 40.9 Å². The summed E-state index contributed by atoms with van der Waals surface area (Å²) in [4.78, 5) is 0. The van der Waals surface area contributed by atoms with E-state index >= 15 is 0 Å². The van der Waals surface area contributed by atoms with Gasteiger partial charge < -0.3 is 0 Å². The first-order valence-electron chi connectivity index (χ1n) is 11.1. The molecule has 0 unspecified atom stereocenters. The standard InChI is InChI=1S/C30H21F5/c1-2-3-4-19-5-9-22(27(32)16-19)10-6-21-17-28(33)25(29(34)18-21)13-8-20-7-12-24-23(15-20)11-14-26(31)30(24)35/h2,5,7,9,11-12,14-18H,1,3-4,6,10H2. The highest BCUT2D eigenvalue weighted by Crippen LogP contribution is 2.22. The zero-order valence-electron chi connectivity index (χ0n) is 18.8. The number of hydrogen-bond donors (Lipinski definition) is 0. The van der Waals surface area contributed by atoms with Gasteiger partial charge in [0.25, 0.3) is 0 Å². The molecule has 0 aliphatic rings. The van der Waals surface area contributed by atoms with Crippen LogP contribution >= 0.6 is 0 Å². The van der Waals surface area contributed by atoms with Gasteiger partial charge in [0.05, 0.1) is 5.56 Å². The summed E-state index contributed by atoms with van der Waals surface area (Å²) in [6.45, 7) is 3.66. The fourth-order valence-corrected chi connectivity index (χ4v) is 3.86. The number of fused-ring (bicyclic) bond motifs is 1. The summed E-state index contributed by atoms with van der Waals surface area (Å²) in [6.07, 6.45) is 3.79. The normalized spacial score (nSPS) is 10.8. The monoisotopic (exact) mass is 476 g/mol. The highest BCUT2D eigenvalue weighted by atomic mass is 19.2. The van der Waals surface area contributed by atoms with Crippen LogP contribution in [-0.2, 0) is 19.3 Å². The molecule has 4 rings (SSSR count). The third-order valence-electron chi connectivity index (χ3n) is 5.78. The zero-order chi connectivity index (χ0) is 24.9. The summed E-state index contributed by atoms with van der Waals surface area (Å²) >= 11 is 0. The quantitative estimate of drug-likeness (QED) is 0.151. The molecule has 176 valence electrons. The Kier molecular flexibility index (Phi) is 7.31. The van der Waals surface area contributed by atoms with Crippen LogP contribution in [0.15, 0.2) is 73.3 Å². The molecule has 0 aliphatic carbocycles. The van der Waals surface area contributed by atoms with Crippen molar-refractivity contribution in [2.45, 2.75) is 25.7 Å².